The molecule has 0 N–H and O–H groups in total. The standard InChI is InChI=1S/C53H31N3S/c1-3-12-34(13-4-1)35-22-26-38(27-23-35)47-33-48(56-53(55-47)40-15-5-2-6-16-40)39-28-24-36(25-29-39)41-30-31-46-45(32-41)52-50(44-19-9-10-21-49(44)57-52)51(54-46)43-20-11-17-37-14-7-8-18-42(37)43/h1-5,7-15,17-33H. The topological polar surface area (TPSA) is 38.7 Å². The third-order valence-electron chi connectivity index (χ3n) is 10.8. The van der Waals surface area contributed by atoms with Crippen LogP contribution in [0, 0.1) is 12.1 Å². The molecule has 0 saturated heterocycles. The van der Waals surface area contributed by atoms with Gasteiger partial charge < -0.3 is 0 Å². The SMILES string of the molecule is c1cccc(-c2nc(-c3ccc(-c4ccccc4)cc3)cc(-c3ccc(-c4ccc5nc(-c6cccc7ccccc67)c6c7ccccc7sc6c5c4)cc3)n2)c#1. The largest absolute Gasteiger partial charge is 0.247 e. The molecule has 3 aromatic heterocycles. The van der Waals surface area contributed by atoms with Gasteiger partial charge in [0.1, 0.15) is 0 Å². The molecule has 0 aliphatic heterocycles. The predicted molar refractivity (Wildman–Crippen MR) is 238 cm³/mol. The molecule has 0 unspecified atom stereocenters. The summed E-state index contributed by atoms with van der Waals surface area (Å²) in [5.41, 5.74) is 12.4. The molecule has 11 rings (SSSR count). The maximum atomic E-state index is 5.41. The fraction of sp³-hybridized carbons (Fsp3) is 0. The summed E-state index contributed by atoms with van der Waals surface area (Å²) in [6, 6.07) is 72.3. The summed E-state index contributed by atoms with van der Waals surface area (Å²) in [6.45, 7) is 0. The number of aromatic nitrogens is 3. The van der Waals surface area contributed by atoms with Crippen LogP contribution >= 0.6 is 11.3 Å². The van der Waals surface area contributed by atoms with Crippen molar-refractivity contribution in [3.8, 4) is 67.4 Å². The lowest BCUT2D eigenvalue weighted by Crippen LogP contribution is -1.95. The van der Waals surface area contributed by atoms with Crippen molar-refractivity contribution in [1.82, 2.24) is 15.0 Å². The normalized spacial score (nSPS) is 11.4. The van der Waals surface area contributed by atoms with Gasteiger partial charge in [0, 0.05) is 42.2 Å². The first-order chi connectivity index (χ1) is 28.2. The number of thiophene rings is 1. The van der Waals surface area contributed by atoms with E-state index in [1.165, 1.54) is 42.1 Å². The third kappa shape index (κ3) is 5.90. The summed E-state index contributed by atoms with van der Waals surface area (Å²) in [4.78, 5) is 15.5. The van der Waals surface area contributed by atoms with Gasteiger partial charge in [0.05, 0.1) is 28.2 Å². The number of hydrogen-bond acceptors (Lipinski definition) is 4. The maximum absolute atomic E-state index is 5.41. The Kier molecular flexibility index (Phi) is 7.91. The van der Waals surface area contributed by atoms with E-state index in [-0.39, 0.29) is 0 Å². The zero-order valence-electron chi connectivity index (χ0n) is 30.6. The van der Waals surface area contributed by atoms with Crippen LogP contribution in [0.4, 0.5) is 0 Å². The molecule has 0 aliphatic rings. The highest BCUT2D eigenvalue weighted by atomic mass is 32.1. The van der Waals surface area contributed by atoms with Crippen LogP contribution in [0.25, 0.3) is 109 Å². The van der Waals surface area contributed by atoms with E-state index in [0.717, 1.165) is 61.4 Å². The molecule has 57 heavy (non-hydrogen) atoms. The fourth-order valence-electron chi connectivity index (χ4n) is 7.91. The van der Waals surface area contributed by atoms with Crippen molar-refractivity contribution < 1.29 is 0 Å². The predicted octanol–water partition coefficient (Wildman–Crippen LogP) is 14.1. The number of hydrogen-bond donors (Lipinski definition) is 0. The Bertz CT molecular complexity index is 3260. The van der Waals surface area contributed by atoms with E-state index in [0.29, 0.717) is 5.82 Å². The molecule has 4 heteroatoms. The van der Waals surface area contributed by atoms with Gasteiger partial charge in [0.2, 0.25) is 0 Å². The number of pyridine rings is 1. The molecular formula is C53H31N3S. The van der Waals surface area contributed by atoms with E-state index >= 15 is 0 Å². The smallest absolute Gasteiger partial charge is 0.168 e. The molecule has 0 bridgehead atoms. The monoisotopic (exact) mass is 741 g/mol. The third-order valence-corrected chi connectivity index (χ3v) is 12.0. The first-order valence-corrected chi connectivity index (χ1v) is 19.8. The highest BCUT2D eigenvalue weighted by Crippen LogP contribution is 2.45. The van der Waals surface area contributed by atoms with Crippen LogP contribution in [0.15, 0.2) is 188 Å². The lowest BCUT2D eigenvalue weighted by atomic mass is 9.96. The fourth-order valence-corrected chi connectivity index (χ4v) is 9.14. The molecule has 3 heterocycles. The van der Waals surface area contributed by atoms with E-state index < -0.39 is 0 Å². The van der Waals surface area contributed by atoms with Gasteiger partial charge in [-0.1, -0.05) is 164 Å². The Morgan fingerprint density at radius 1 is 0.439 bits per heavy atom. The van der Waals surface area contributed by atoms with Crippen molar-refractivity contribution in [2.75, 3.05) is 0 Å². The number of fused-ring (bicyclic) bond motifs is 6. The second kappa shape index (κ2) is 13.7. The number of benzene rings is 7. The molecule has 11 aromatic rings. The maximum Gasteiger partial charge on any atom is 0.168 e. The van der Waals surface area contributed by atoms with Crippen LogP contribution in [0.2, 0.25) is 0 Å². The van der Waals surface area contributed by atoms with Crippen LogP contribution < -0.4 is 0 Å². The summed E-state index contributed by atoms with van der Waals surface area (Å²) in [5, 5.41) is 6.05. The van der Waals surface area contributed by atoms with Crippen LogP contribution in [0.1, 0.15) is 0 Å². The molecule has 0 atom stereocenters. The van der Waals surface area contributed by atoms with Crippen LogP contribution in [-0.2, 0) is 0 Å². The van der Waals surface area contributed by atoms with Gasteiger partial charge in [0.15, 0.2) is 5.82 Å². The van der Waals surface area contributed by atoms with Gasteiger partial charge in [0.25, 0.3) is 0 Å². The Hall–Kier alpha value is -7.45. The van der Waals surface area contributed by atoms with E-state index in [9.17, 15) is 0 Å². The first-order valence-electron chi connectivity index (χ1n) is 19.0. The van der Waals surface area contributed by atoms with Crippen LogP contribution in [0.3, 0.4) is 0 Å². The zero-order chi connectivity index (χ0) is 37.7. The summed E-state index contributed by atoms with van der Waals surface area (Å²) in [7, 11) is 0. The highest BCUT2D eigenvalue weighted by Gasteiger charge is 2.18. The van der Waals surface area contributed by atoms with Crippen LogP contribution in [-0.4, -0.2) is 15.0 Å². The minimum atomic E-state index is 0.618. The van der Waals surface area contributed by atoms with Crippen molar-refractivity contribution >= 4 is 53.2 Å². The van der Waals surface area contributed by atoms with Gasteiger partial charge in [-0.15, -0.1) is 11.3 Å². The average Bonchev–Trinajstić information content (AvgIpc) is 3.69. The Morgan fingerprint density at radius 3 is 1.82 bits per heavy atom. The summed E-state index contributed by atoms with van der Waals surface area (Å²) in [5.74, 6) is 0.618. The van der Waals surface area contributed by atoms with Crippen molar-refractivity contribution in [3.05, 3.63) is 200 Å². The minimum absolute atomic E-state index is 0.618. The van der Waals surface area contributed by atoms with E-state index in [4.69, 9.17) is 15.0 Å². The summed E-state index contributed by atoms with van der Waals surface area (Å²) >= 11 is 1.85. The second-order valence-electron chi connectivity index (χ2n) is 14.2. The molecule has 0 radical (unpaired) electrons. The highest BCUT2D eigenvalue weighted by molar-refractivity contribution is 7.26. The van der Waals surface area contributed by atoms with Gasteiger partial charge >= 0.3 is 0 Å². The molecule has 0 amide bonds. The number of rotatable bonds is 6. The molecule has 0 fully saturated rings. The van der Waals surface area contributed by atoms with E-state index in [1.54, 1.807) is 0 Å². The van der Waals surface area contributed by atoms with Gasteiger partial charge in [-0.05, 0) is 69.4 Å². The van der Waals surface area contributed by atoms with Gasteiger partial charge in [-0.2, -0.15) is 0 Å². The molecule has 3 nitrogen and oxygen atoms in total. The quantitative estimate of drug-likeness (QED) is 0.170. The second-order valence-corrected chi connectivity index (χ2v) is 15.3. The summed E-state index contributed by atoms with van der Waals surface area (Å²) < 4.78 is 2.52. The number of nitrogens with zero attached hydrogens (tertiary/aromatic N) is 3. The van der Waals surface area contributed by atoms with Crippen molar-refractivity contribution in [2.45, 2.75) is 0 Å². The van der Waals surface area contributed by atoms with E-state index in [2.05, 4.69) is 176 Å². The lowest BCUT2D eigenvalue weighted by molar-refractivity contribution is 1.18. The zero-order valence-corrected chi connectivity index (χ0v) is 31.5. The van der Waals surface area contributed by atoms with Crippen molar-refractivity contribution in [3.63, 3.8) is 0 Å². The summed E-state index contributed by atoms with van der Waals surface area (Å²) in [6.07, 6.45) is 0. The molecule has 0 saturated carbocycles. The molecule has 264 valence electrons. The average molecular weight is 742 g/mol. The lowest BCUT2D eigenvalue weighted by Gasteiger charge is -2.12. The van der Waals surface area contributed by atoms with Gasteiger partial charge in [-0.3, -0.25) is 0 Å². The van der Waals surface area contributed by atoms with Crippen molar-refractivity contribution in [2.24, 2.45) is 0 Å². The molecule has 8 aromatic carbocycles. The minimum Gasteiger partial charge on any atom is -0.247 e. The van der Waals surface area contributed by atoms with Gasteiger partial charge in [-0.25, -0.2) is 15.0 Å². The molecular weight excluding hydrogens is 711 g/mol. The molecule has 0 spiro atoms. The van der Waals surface area contributed by atoms with Crippen LogP contribution in [0.5, 0.6) is 0 Å². The Balaban J connectivity index is 0.999. The van der Waals surface area contributed by atoms with Crippen molar-refractivity contribution in [1.29, 1.82) is 0 Å². The Morgan fingerprint density at radius 2 is 1.07 bits per heavy atom. The van der Waals surface area contributed by atoms with E-state index in [1.807, 2.05) is 35.6 Å². The first kappa shape index (κ1) is 32.9. The Labute approximate surface area is 334 Å². The molecule has 0 aliphatic carbocycles.